The third-order valence-electron chi connectivity index (χ3n) is 4.02. The first-order chi connectivity index (χ1) is 11.1. The quantitative estimate of drug-likeness (QED) is 0.889. The molecule has 1 unspecified atom stereocenters. The van der Waals surface area contributed by atoms with Gasteiger partial charge in [-0.1, -0.05) is 11.6 Å². The summed E-state index contributed by atoms with van der Waals surface area (Å²) in [6, 6.07) is 3.38. The Bertz CT molecular complexity index is 622. The van der Waals surface area contributed by atoms with Crippen LogP contribution in [-0.4, -0.2) is 55.7 Å². The average molecular weight is 342 g/mol. The summed E-state index contributed by atoms with van der Waals surface area (Å²) >= 11 is 5.66. The van der Waals surface area contributed by atoms with Gasteiger partial charge in [0.1, 0.15) is 11.9 Å². The number of halogens is 2. The fourth-order valence-corrected chi connectivity index (χ4v) is 2.85. The Morgan fingerprint density at radius 1 is 1.30 bits per heavy atom. The van der Waals surface area contributed by atoms with E-state index >= 15 is 0 Å². The van der Waals surface area contributed by atoms with Crippen LogP contribution >= 0.6 is 11.6 Å². The summed E-state index contributed by atoms with van der Waals surface area (Å²) < 4.78 is 18.7. The Labute approximate surface area is 138 Å². The molecule has 0 saturated carbocycles. The number of morpholine rings is 1. The van der Waals surface area contributed by atoms with Gasteiger partial charge < -0.3 is 19.9 Å². The number of urea groups is 1. The summed E-state index contributed by atoms with van der Waals surface area (Å²) in [5.74, 6) is -0.814. The van der Waals surface area contributed by atoms with Crippen molar-refractivity contribution in [1.82, 2.24) is 10.2 Å². The zero-order valence-corrected chi connectivity index (χ0v) is 13.2. The van der Waals surface area contributed by atoms with Crippen LogP contribution < -0.4 is 10.2 Å². The Hall–Kier alpha value is -1.86. The number of nitrogens with one attached hydrogen (secondary N) is 1. The molecule has 2 fully saturated rings. The summed E-state index contributed by atoms with van der Waals surface area (Å²) in [5.41, 5.74) is 0.444. The molecule has 1 N–H and O–H groups in total. The highest BCUT2D eigenvalue weighted by atomic mass is 35.5. The lowest BCUT2D eigenvalue weighted by atomic mass is 10.2. The van der Waals surface area contributed by atoms with Gasteiger partial charge in [0.25, 0.3) is 0 Å². The van der Waals surface area contributed by atoms with E-state index in [1.54, 1.807) is 11.0 Å². The van der Waals surface area contributed by atoms with Gasteiger partial charge in [-0.3, -0.25) is 4.79 Å². The summed E-state index contributed by atoms with van der Waals surface area (Å²) in [6.07, 6.45) is 0.485. The molecule has 0 spiro atoms. The molecule has 6 nitrogen and oxygen atoms in total. The van der Waals surface area contributed by atoms with Crippen molar-refractivity contribution in [3.8, 4) is 0 Å². The van der Waals surface area contributed by atoms with Crippen molar-refractivity contribution < 1.29 is 18.7 Å². The molecule has 3 amide bonds. The Morgan fingerprint density at radius 2 is 2.04 bits per heavy atom. The molecule has 1 atom stereocenters. The number of benzene rings is 1. The van der Waals surface area contributed by atoms with Gasteiger partial charge in [0.2, 0.25) is 5.91 Å². The Morgan fingerprint density at radius 3 is 2.74 bits per heavy atom. The number of rotatable bonds is 2. The van der Waals surface area contributed by atoms with E-state index in [1.807, 2.05) is 0 Å². The van der Waals surface area contributed by atoms with E-state index in [0.717, 1.165) is 0 Å². The number of ether oxygens (including phenoxy) is 1. The summed E-state index contributed by atoms with van der Waals surface area (Å²) in [7, 11) is 0. The number of anilines is 1. The maximum absolute atomic E-state index is 13.6. The van der Waals surface area contributed by atoms with Gasteiger partial charge in [-0.05, 0) is 24.6 Å². The van der Waals surface area contributed by atoms with Crippen molar-refractivity contribution in [2.24, 2.45) is 0 Å². The molecule has 0 aliphatic carbocycles. The first-order valence-electron chi connectivity index (χ1n) is 7.46. The fourth-order valence-electron chi connectivity index (χ4n) is 2.73. The lowest BCUT2D eigenvalue weighted by molar-refractivity contribution is -0.118. The highest BCUT2D eigenvalue weighted by Gasteiger charge is 2.35. The molecule has 2 aliphatic heterocycles. The maximum Gasteiger partial charge on any atom is 0.318 e. The molecular formula is C15H17ClFN3O3. The van der Waals surface area contributed by atoms with Crippen LogP contribution in [0, 0.1) is 5.82 Å². The molecule has 1 aromatic carbocycles. The Kier molecular flexibility index (Phi) is 4.68. The molecular weight excluding hydrogens is 325 g/mol. The lowest BCUT2D eigenvalue weighted by Gasteiger charge is -2.28. The Balaban J connectivity index is 1.64. The highest BCUT2D eigenvalue weighted by molar-refractivity contribution is 6.30. The first kappa shape index (κ1) is 16.0. The number of hydrogen-bond acceptors (Lipinski definition) is 3. The topological polar surface area (TPSA) is 61.9 Å². The van der Waals surface area contributed by atoms with E-state index in [9.17, 15) is 14.0 Å². The minimum absolute atomic E-state index is 0.0116. The largest absolute Gasteiger partial charge is 0.378 e. The molecule has 1 aromatic rings. The number of carbonyl (C=O) groups excluding carboxylic acids is 2. The van der Waals surface area contributed by atoms with Gasteiger partial charge >= 0.3 is 6.03 Å². The van der Waals surface area contributed by atoms with Crippen molar-refractivity contribution >= 4 is 29.2 Å². The zero-order valence-electron chi connectivity index (χ0n) is 12.4. The van der Waals surface area contributed by atoms with Gasteiger partial charge in [-0.2, -0.15) is 0 Å². The van der Waals surface area contributed by atoms with E-state index in [1.165, 1.54) is 17.0 Å². The number of amides is 3. The minimum atomic E-state index is -0.593. The lowest BCUT2D eigenvalue weighted by Crippen LogP contribution is -2.51. The molecule has 3 rings (SSSR count). The molecule has 0 radical (unpaired) electrons. The van der Waals surface area contributed by atoms with Gasteiger partial charge in [0, 0.05) is 25.3 Å². The van der Waals surface area contributed by atoms with Gasteiger partial charge in [-0.25, -0.2) is 9.18 Å². The van der Waals surface area contributed by atoms with Crippen LogP contribution in [0.25, 0.3) is 0 Å². The molecule has 23 heavy (non-hydrogen) atoms. The van der Waals surface area contributed by atoms with Crippen LogP contribution in [0.2, 0.25) is 5.02 Å². The van der Waals surface area contributed by atoms with Crippen LogP contribution in [0.3, 0.4) is 0 Å². The van der Waals surface area contributed by atoms with Gasteiger partial charge in [0.05, 0.1) is 18.2 Å². The maximum atomic E-state index is 13.6. The van der Waals surface area contributed by atoms with Crippen LogP contribution in [-0.2, 0) is 9.53 Å². The van der Waals surface area contributed by atoms with E-state index in [4.69, 9.17) is 16.3 Å². The standard InChI is InChI=1S/C15H17ClFN3O3/c16-11-2-1-10(9-12(11)17)20-4-3-13(14(20)21)18-15(22)19-5-7-23-8-6-19/h1-2,9,13H,3-8H2,(H,18,22). The number of hydrogen-bond donors (Lipinski definition) is 1. The predicted molar refractivity (Wildman–Crippen MR) is 83.1 cm³/mol. The highest BCUT2D eigenvalue weighted by Crippen LogP contribution is 2.25. The third-order valence-corrected chi connectivity index (χ3v) is 4.32. The molecule has 2 heterocycles. The van der Waals surface area contributed by atoms with Crippen LogP contribution in [0.1, 0.15) is 6.42 Å². The van der Waals surface area contributed by atoms with E-state index in [-0.39, 0.29) is 17.0 Å². The summed E-state index contributed by atoms with van der Waals surface area (Å²) in [6.45, 7) is 2.45. The van der Waals surface area contributed by atoms with E-state index < -0.39 is 11.9 Å². The van der Waals surface area contributed by atoms with Crippen molar-refractivity contribution in [3.63, 3.8) is 0 Å². The molecule has 124 valence electrons. The van der Waals surface area contributed by atoms with Gasteiger partial charge in [0.15, 0.2) is 0 Å². The van der Waals surface area contributed by atoms with Crippen molar-refractivity contribution in [1.29, 1.82) is 0 Å². The van der Waals surface area contributed by atoms with Crippen LogP contribution in [0.15, 0.2) is 18.2 Å². The van der Waals surface area contributed by atoms with Crippen molar-refractivity contribution in [2.45, 2.75) is 12.5 Å². The summed E-state index contributed by atoms with van der Waals surface area (Å²) in [4.78, 5) is 27.7. The second-order valence-electron chi connectivity index (χ2n) is 5.48. The second-order valence-corrected chi connectivity index (χ2v) is 5.89. The molecule has 0 aromatic heterocycles. The van der Waals surface area contributed by atoms with Gasteiger partial charge in [-0.15, -0.1) is 0 Å². The van der Waals surface area contributed by atoms with Crippen LogP contribution in [0.4, 0.5) is 14.9 Å². The third kappa shape index (κ3) is 3.40. The normalized spacial score (nSPS) is 21.7. The van der Waals surface area contributed by atoms with E-state index in [0.29, 0.717) is 45.0 Å². The smallest absolute Gasteiger partial charge is 0.318 e. The second kappa shape index (κ2) is 6.72. The minimum Gasteiger partial charge on any atom is -0.378 e. The van der Waals surface area contributed by atoms with E-state index in [2.05, 4.69) is 5.32 Å². The SMILES string of the molecule is O=C(NC1CCN(c2ccc(Cl)c(F)c2)C1=O)N1CCOCC1. The average Bonchev–Trinajstić information content (AvgIpc) is 2.92. The molecule has 0 bridgehead atoms. The zero-order chi connectivity index (χ0) is 16.4. The number of carbonyl (C=O) groups is 2. The molecule has 8 heteroatoms. The summed E-state index contributed by atoms with van der Waals surface area (Å²) in [5, 5.41) is 2.76. The first-order valence-corrected chi connectivity index (χ1v) is 7.83. The molecule has 2 saturated heterocycles. The molecule has 2 aliphatic rings. The number of nitrogens with zero attached hydrogens (tertiary/aromatic N) is 2. The van der Waals surface area contributed by atoms with Crippen molar-refractivity contribution in [2.75, 3.05) is 37.7 Å². The fraction of sp³-hybridized carbons (Fsp3) is 0.467. The predicted octanol–water partition coefficient (Wildman–Crippen LogP) is 1.63. The van der Waals surface area contributed by atoms with Crippen molar-refractivity contribution in [3.05, 3.63) is 29.0 Å². The van der Waals surface area contributed by atoms with Crippen LogP contribution in [0.5, 0.6) is 0 Å². The monoisotopic (exact) mass is 341 g/mol.